The fourth-order valence-electron chi connectivity index (χ4n) is 4.29. The zero-order chi connectivity index (χ0) is 23.1. The molecular formula is C23H24N8O2S. The SMILES string of the molecule is O=C(O)c1cc(-c2cnc(Nc3ccc(N4CCN(CC5CC5)CC4)nc3)c3ncnn23)cs1. The lowest BCUT2D eigenvalue weighted by atomic mass is 10.2. The van der Waals surface area contributed by atoms with Crippen molar-refractivity contribution in [1.29, 1.82) is 0 Å². The first-order chi connectivity index (χ1) is 16.6. The largest absolute Gasteiger partial charge is 0.477 e. The van der Waals surface area contributed by atoms with Gasteiger partial charge >= 0.3 is 5.97 Å². The molecule has 5 heterocycles. The molecule has 174 valence electrons. The number of aromatic carboxylic acids is 1. The van der Waals surface area contributed by atoms with Crippen LogP contribution in [0.2, 0.25) is 0 Å². The van der Waals surface area contributed by atoms with E-state index in [1.165, 1.54) is 37.1 Å². The number of aromatic nitrogens is 5. The fourth-order valence-corrected chi connectivity index (χ4v) is 5.03. The topological polar surface area (TPSA) is 112 Å². The maximum absolute atomic E-state index is 11.2. The minimum absolute atomic E-state index is 0.265. The van der Waals surface area contributed by atoms with Gasteiger partial charge in [-0.1, -0.05) is 0 Å². The summed E-state index contributed by atoms with van der Waals surface area (Å²) in [6, 6.07) is 5.65. The molecular weight excluding hydrogens is 452 g/mol. The van der Waals surface area contributed by atoms with Crippen molar-refractivity contribution in [1.82, 2.24) is 29.5 Å². The lowest BCUT2D eigenvalue weighted by Crippen LogP contribution is -2.47. The number of carboxylic acids is 1. The molecule has 11 heteroatoms. The van der Waals surface area contributed by atoms with Crippen LogP contribution in [0.15, 0.2) is 42.3 Å². The van der Waals surface area contributed by atoms with Crippen LogP contribution in [0.1, 0.15) is 22.5 Å². The molecule has 0 atom stereocenters. The lowest BCUT2D eigenvalue weighted by Gasteiger charge is -2.35. The second kappa shape index (κ2) is 8.65. The number of pyridine rings is 1. The summed E-state index contributed by atoms with van der Waals surface area (Å²) in [5.41, 5.74) is 2.78. The molecule has 1 saturated carbocycles. The lowest BCUT2D eigenvalue weighted by molar-refractivity contribution is 0.0702. The van der Waals surface area contributed by atoms with Crippen molar-refractivity contribution in [3.63, 3.8) is 0 Å². The van der Waals surface area contributed by atoms with Crippen LogP contribution in [0, 0.1) is 5.92 Å². The van der Waals surface area contributed by atoms with E-state index in [2.05, 4.69) is 35.2 Å². The molecule has 2 N–H and O–H groups in total. The van der Waals surface area contributed by atoms with Gasteiger partial charge in [-0.05, 0) is 37.0 Å². The highest BCUT2D eigenvalue weighted by Gasteiger charge is 2.26. The molecule has 1 saturated heterocycles. The maximum atomic E-state index is 11.2. The average Bonchev–Trinajstić information content (AvgIpc) is 3.32. The number of fused-ring (bicyclic) bond motifs is 1. The van der Waals surface area contributed by atoms with Crippen molar-refractivity contribution < 1.29 is 9.90 Å². The Kier molecular flexibility index (Phi) is 5.34. The quantitative estimate of drug-likeness (QED) is 0.415. The van der Waals surface area contributed by atoms with Crippen LogP contribution in [0.5, 0.6) is 0 Å². The Morgan fingerprint density at radius 2 is 1.97 bits per heavy atom. The number of carboxylic acid groups (broad SMARTS) is 1. The molecule has 0 unspecified atom stereocenters. The van der Waals surface area contributed by atoms with Gasteiger partial charge in [0.1, 0.15) is 17.0 Å². The van der Waals surface area contributed by atoms with E-state index in [9.17, 15) is 9.90 Å². The van der Waals surface area contributed by atoms with Gasteiger partial charge < -0.3 is 15.3 Å². The number of piperazine rings is 1. The van der Waals surface area contributed by atoms with Crippen molar-refractivity contribution in [3.8, 4) is 11.3 Å². The Morgan fingerprint density at radius 1 is 1.12 bits per heavy atom. The van der Waals surface area contributed by atoms with Crippen molar-refractivity contribution in [2.75, 3.05) is 42.9 Å². The number of hydrogen-bond donors (Lipinski definition) is 2. The number of thiophene rings is 1. The first-order valence-electron chi connectivity index (χ1n) is 11.4. The van der Waals surface area contributed by atoms with Crippen molar-refractivity contribution in [2.45, 2.75) is 12.8 Å². The van der Waals surface area contributed by atoms with Gasteiger partial charge in [-0.2, -0.15) is 5.10 Å². The molecule has 2 fully saturated rings. The van der Waals surface area contributed by atoms with Crippen LogP contribution in [-0.4, -0.2) is 73.3 Å². The average molecular weight is 477 g/mol. The van der Waals surface area contributed by atoms with Gasteiger partial charge in [-0.25, -0.2) is 24.3 Å². The molecule has 10 nitrogen and oxygen atoms in total. The third kappa shape index (κ3) is 4.19. The number of nitrogens with zero attached hydrogens (tertiary/aromatic N) is 7. The second-order valence-electron chi connectivity index (χ2n) is 8.75. The predicted octanol–water partition coefficient (Wildman–Crippen LogP) is 3.22. The Labute approximate surface area is 199 Å². The molecule has 0 aromatic carbocycles. The molecule has 4 aromatic rings. The molecule has 6 rings (SSSR count). The highest BCUT2D eigenvalue weighted by Crippen LogP contribution is 2.30. The summed E-state index contributed by atoms with van der Waals surface area (Å²) < 4.78 is 1.66. The Bertz CT molecular complexity index is 1320. The smallest absolute Gasteiger partial charge is 0.345 e. The summed E-state index contributed by atoms with van der Waals surface area (Å²) in [5, 5.41) is 18.6. The van der Waals surface area contributed by atoms with Crippen molar-refractivity contribution >= 4 is 40.3 Å². The molecule has 0 spiro atoms. The summed E-state index contributed by atoms with van der Waals surface area (Å²) in [5.74, 6) is 1.52. The van der Waals surface area contributed by atoms with E-state index in [0.29, 0.717) is 17.2 Å². The Balaban J connectivity index is 1.16. The summed E-state index contributed by atoms with van der Waals surface area (Å²) >= 11 is 1.17. The van der Waals surface area contributed by atoms with E-state index >= 15 is 0 Å². The van der Waals surface area contributed by atoms with E-state index in [1.54, 1.807) is 22.2 Å². The summed E-state index contributed by atoms with van der Waals surface area (Å²) in [6.45, 7) is 5.44. The van der Waals surface area contributed by atoms with Gasteiger partial charge in [0.25, 0.3) is 0 Å². The summed E-state index contributed by atoms with van der Waals surface area (Å²) in [7, 11) is 0. The molecule has 34 heavy (non-hydrogen) atoms. The first kappa shape index (κ1) is 21.0. The molecule has 2 aliphatic rings. The van der Waals surface area contributed by atoms with Crippen molar-refractivity contribution in [2.24, 2.45) is 5.92 Å². The predicted molar refractivity (Wildman–Crippen MR) is 130 cm³/mol. The fraction of sp³-hybridized carbons (Fsp3) is 0.348. The van der Waals surface area contributed by atoms with Crippen LogP contribution in [0.3, 0.4) is 0 Å². The molecule has 4 aromatic heterocycles. The van der Waals surface area contributed by atoms with Gasteiger partial charge in [0, 0.05) is 43.7 Å². The minimum atomic E-state index is -0.951. The summed E-state index contributed by atoms with van der Waals surface area (Å²) in [4.78, 5) is 30.0. The minimum Gasteiger partial charge on any atom is -0.477 e. The van der Waals surface area contributed by atoms with E-state index in [1.807, 2.05) is 18.3 Å². The van der Waals surface area contributed by atoms with Gasteiger partial charge in [-0.15, -0.1) is 11.3 Å². The highest BCUT2D eigenvalue weighted by atomic mass is 32.1. The van der Waals surface area contributed by atoms with Crippen LogP contribution < -0.4 is 10.2 Å². The van der Waals surface area contributed by atoms with E-state index < -0.39 is 5.97 Å². The van der Waals surface area contributed by atoms with Gasteiger partial charge in [-0.3, -0.25) is 4.90 Å². The third-order valence-electron chi connectivity index (χ3n) is 6.33. The molecule has 0 bridgehead atoms. The Morgan fingerprint density at radius 3 is 2.68 bits per heavy atom. The zero-order valence-electron chi connectivity index (χ0n) is 18.5. The normalized spacial score (nSPS) is 16.8. The van der Waals surface area contributed by atoms with Gasteiger partial charge in [0.2, 0.25) is 0 Å². The highest BCUT2D eigenvalue weighted by molar-refractivity contribution is 7.12. The first-order valence-corrected chi connectivity index (χ1v) is 12.2. The van der Waals surface area contributed by atoms with Crippen LogP contribution in [-0.2, 0) is 0 Å². The van der Waals surface area contributed by atoms with E-state index in [0.717, 1.165) is 49.2 Å². The molecule has 1 aliphatic carbocycles. The van der Waals surface area contributed by atoms with Gasteiger partial charge in [0.15, 0.2) is 11.5 Å². The van der Waals surface area contributed by atoms with Crippen LogP contribution in [0.25, 0.3) is 16.9 Å². The van der Waals surface area contributed by atoms with Crippen LogP contribution in [0.4, 0.5) is 17.3 Å². The zero-order valence-corrected chi connectivity index (χ0v) is 19.3. The standard InChI is InChI=1S/C23H24N8O2S/c32-23(33)19-9-16(13-34-19)18-11-25-21(22-26-14-27-31(18)22)28-17-3-4-20(24-10-17)30-7-5-29(6-8-30)12-15-1-2-15/h3-4,9-11,13-15H,1-2,5-8,12H2,(H,25,28)(H,32,33). The monoisotopic (exact) mass is 476 g/mol. The maximum Gasteiger partial charge on any atom is 0.345 e. The van der Waals surface area contributed by atoms with E-state index in [4.69, 9.17) is 0 Å². The molecule has 0 amide bonds. The summed E-state index contributed by atoms with van der Waals surface area (Å²) in [6.07, 6.45) is 7.73. The number of rotatable bonds is 7. The van der Waals surface area contributed by atoms with E-state index in [-0.39, 0.29) is 4.88 Å². The van der Waals surface area contributed by atoms with Gasteiger partial charge in [0.05, 0.1) is 23.8 Å². The number of hydrogen-bond acceptors (Lipinski definition) is 9. The molecule has 0 radical (unpaired) electrons. The number of anilines is 3. The Hall–Kier alpha value is -3.57. The number of nitrogens with one attached hydrogen (secondary N) is 1. The number of carbonyl (C=O) groups is 1. The van der Waals surface area contributed by atoms with Crippen LogP contribution >= 0.6 is 11.3 Å². The second-order valence-corrected chi connectivity index (χ2v) is 9.66. The third-order valence-corrected chi connectivity index (χ3v) is 7.25. The molecule has 1 aliphatic heterocycles. The van der Waals surface area contributed by atoms with Crippen molar-refractivity contribution in [3.05, 3.63) is 47.2 Å².